The Bertz CT molecular complexity index is 1050. The molecule has 1 fully saturated rings. The van der Waals surface area contributed by atoms with Crippen molar-refractivity contribution in [2.24, 2.45) is 0 Å². The molecular weight excluding hydrogens is 384 g/mol. The molecule has 7 nitrogen and oxygen atoms in total. The van der Waals surface area contributed by atoms with Gasteiger partial charge in [-0.2, -0.15) is 0 Å². The number of hydrogen-bond acceptors (Lipinski definition) is 5. The van der Waals surface area contributed by atoms with Crippen LogP contribution in [0.25, 0.3) is 11.0 Å². The van der Waals surface area contributed by atoms with Crippen molar-refractivity contribution in [3.63, 3.8) is 0 Å². The summed E-state index contributed by atoms with van der Waals surface area (Å²) in [5.74, 6) is 0.0916. The molecule has 1 atom stereocenters. The quantitative estimate of drug-likeness (QED) is 0.697. The van der Waals surface area contributed by atoms with E-state index in [1.165, 1.54) is 0 Å². The van der Waals surface area contributed by atoms with Gasteiger partial charge in [-0.3, -0.25) is 9.59 Å². The van der Waals surface area contributed by atoms with Crippen molar-refractivity contribution in [2.45, 2.75) is 20.0 Å². The summed E-state index contributed by atoms with van der Waals surface area (Å²) in [5.41, 5.74) is 2.01. The fourth-order valence-electron chi connectivity index (χ4n) is 3.33. The maximum Gasteiger partial charge on any atom is 0.291 e. The summed E-state index contributed by atoms with van der Waals surface area (Å²) in [6.45, 7) is 5.58. The van der Waals surface area contributed by atoms with Crippen LogP contribution >= 0.6 is 0 Å². The summed E-state index contributed by atoms with van der Waals surface area (Å²) < 4.78 is 16.9. The summed E-state index contributed by atoms with van der Waals surface area (Å²) >= 11 is 0. The number of rotatable bonds is 5. The highest BCUT2D eigenvalue weighted by Gasteiger charge is 2.28. The molecule has 4 rings (SSSR count). The van der Waals surface area contributed by atoms with E-state index < -0.39 is 6.10 Å². The zero-order valence-electron chi connectivity index (χ0n) is 17.0. The lowest BCUT2D eigenvalue weighted by molar-refractivity contribution is -0.122. The van der Waals surface area contributed by atoms with Crippen molar-refractivity contribution in [3.8, 4) is 5.75 Å². The Hall–Kier alpha value is -3.32. The fourth-order valence-corrected chi connectivity index (χ4v) is 3.33. The number of anilines is 1. The van der Waals surface area contributed by atoms with Crippen LogP contribution in [0.4, 0.5) is 5.69 Å². The number of aryl methyl sites for hydroxylation is 1. The lowest BCUT2D eigenvalue weighted by atomic mass is 10.2. The van der Waals surface area contributed by atoms with Gasteiger partial charge in [0.2, 0.25) is 5.76 Å². The van der Waals surface area contributed by atoms with Crippen LogP contribution in [0.15, 0.2) is 52.9 Å². The Morgan fingerprint density at radius 2 is 1.77 bits per heavy atom. The van der Waals surface area contributed by atoms with Gasteiger partial charge in [-0.05, 0) is 38.1 Å². The predicted molar refractivity (Wildman–Crippen MR) is 113 cm³/mol. The number of morpholine rings is 1. The molecular formula is C23H24N2O5. The Morgan fingerprint density at radius 3 is 2.50 bits per heavy atom. The van der Waals surface area contributed by atoms with Crippen molar-refractivity contribution in [2.75, 3.05) is 31.6 Å². The number of fused-ring (bicyclic) bond motifs is 1. The zero-order chi connectivity index (χ0) is 21.1. The van der Waals surface area contributed by atoms with Crippen molar-refractivity contribution in [1.82, 2.24) is 4.90 Å². The van der Waals surface area contributed by atoms with Gasteiger partial charge in [0.05, 0.1) is 13.2 Å². The molecule has 1 N–H and O–H groups in total. The van der Waals surface area contributed by atoms with Crippen LogP contribution in [0, 0.1) is 6.92 Å². The van der Waals surface area contributed by atoms with Gasteiger partial charge in [-0.15, -0.1) is 0 Å². The molecule has 7 heteroatoms. The number of nitrogens with one attached hydrogen (secondary N) is 1. The zero-order valence-corrected chi connectivity index (χ0v) is 17.0. The molecule has 1 unspecified atom stereocenters. The monoisotopic (exact) mass is 408 g/mol. The first-order chi connectivity index (χ1) is 14.5. The Balaban J connectivity index is 1.58. The van der Waals surface area contributed by atoms with Crippen LogP contribution in [0.1, 0.15) is 23.0 Å². The first-order valence-corrected chi connectivity index (χ1v) is 9.95. The minimum absolute atomic E-state index is 0.119. The van der Waals surface area contributed by atoms with E-state index in [1.54, 1.807) is 17.9 Å². The number of benzene rings is 2. The van der Waals surface area contributed by atoms with Gasteiger partial charge < -0.3 is 24.1 Å². The highest BCUT2D eigenvalue weighted by Crippen LogP contribution is 2.32. The molecule has 0 spiro atoms. The Morgan fingerprint density at radius 1 is 1.07 bits per heavy atom. The number of para-hydroxylation sites is 1. The van der Waals surface area contributed by atoms with Crippen LogP contribution in [-0.4, -0.2) is 49.1 Å². The van der Waals surface area contributed by atoms with E-state index in [-0.39, 0.29) is 17.6 Å². The van der Waals surface area contributed by atoms with E-state index in [4.69, 9.17) is 13.9 Å². The molecule has 2 amide bonds. The van der Waals surface area contributed by atoms with Crippen LogP contribution in [0.5, 0.6) is 5.75 Å². The molecule has 1 aliphatic heterocycles. The summed E-state index contributed by atoms with van der Waals surface area (Å²) in [6.07, 6.45) is -0.757. The van der Waals surface area contributed by atoms with E-state index in [2.05, 4.69) is 5.32 Å². The second-order valence-electron chi connectivity index (χ2n) is 7.27. The number of furan rings is 1. The van der Waals surface area contributed by atoms with E-state index in [0.717, 1.165) is 5.56 Å². The van der Waals surface area contributed by atoms with Crippen molar-refractivity contribution in [1.29, 1.82) is 0 Å². The SMILES string of the molecule is Cc1ccc(OC(C)C(=O)Nc2c(C(=O)N3CCOCC3)oc3ccccc23)cc1. The Kier molecular flexibility index (Phi) is 5.72. The third-order valence-electron chi connectivity index (χ3n) is 5.04. The number of nitrogens with zero attached hydrogens (tertiary/aromatic N) is 1. The average Bonchev–Trinajstić information content (AvgIpc) is 3.13. The highest BCUT2D eigenvalue weighted by molar-refractivity contribution is 6.11. The van der Waals surface area contributed by atoms with Crippen LogP contribution in [0.3, 0.4) is 0 Å². The number of ether oxygens (including phenoxy) is 2. The van der Waals surface area contributed by atoms with Crippen LogP contribution in [-0.2, 0) is 9.53 Å². The normalized spacial score (nSPS) is 15.1. The molecule has 30 heavy (non-hydrogen) atoms. The number of carbonyl (C=O) groups excluding carboxylic acids is 2. The second-order valence-corrected chi connectivity index (χ2v) is 7.27. The van der Waals surface area contributed by atoms with Crippen molar-refractivity contribution in [3.05, 3.63) is 59.9 Å². The van der Waals surface area contributed by atoms with Crippen molar-refractivity contribution >= 4 is 28.5 Å². The maximum absolute atomic E-state index is 13.1. The number of hydrogen-bond donors (Lipinski definition) is 1. The first kappa shape index (κ1) is 20.0. The molecule has 1 aromatic heterocycles. The van der Waals surface area contributed by atoms with Gasteiger partial charge in [0, 0.05) is 18.5 Å². The average molecular weight is 408 g/mol. The van der Waals surface area contributed by atoms with E-state index in [0.29, 0.717) is 48.7 Å². The highest BCUT2D eigenvalue weighted by atomic mass is 16.5. The third-order valence-corrected chi connectivity index (χ3v) is 5.04. The second kappa shape index (κ2) is 8.59. The molecule has 1 aliphatic rings. The van der Waals surface area contributed by atoms with Gasteiger partial charge in [-0.25, -0.2) is 0 Å². The molecule has 3 aromatic rings. The number of amides is 2. The molecule has 0 aliphatic carbocycles. The largest absolute Gasteiger partial charge is 0.481 e. The lowest BCUT2D eigenvalue weighted by Gasteiger charge is -2.26. The smallest absolute Gasteiger partial charge is 0.291 e. The van der Waals surface area contributed by atoms with E-state index >= 15 is 0 Å². The standard InChI is InChI=1S/C23H24N2O5/c1-15-7-9-17(10-8-15)29-16(2)22(26)24-20-18-5-3-4-6-19(18)30-21(20)23(27)25-11-13-28-14-12-25/h3-10,16H,11-14H2,1-2H3,(H,24,26). The van der Waals surface area contributed by atoms with Crippen LogP contribution < -0.4 is 10.1 Å². The van der Waals surface area contributed by atoms with Gasteiger partial charge in [0.1, 0.15) is 17.0 Å². The summed E-state index contributed by atoms with van der Waals surface area (Å²) in [5, 5.41) is 3.52. The molecule has 2 heterocycles. The molecule has 0 radical (unpaired) electrons. The minimum Gasteiger partial charge on any atom is -0.481 e. The van der Waals surface area contributed by atoms with Gasteiger partial charge in [-0.1, -0.05) is 29.8 Å². The van der Waals surface area contributed by atoms with Gasteiger partial charge in [0.15, 0.2) is 6.10 Å². The van der Waals surface area contributed by atoms with Crippen molar-refractivity contribution < 1.29 is 23.5 Å². The molecule has 0 bridgehead atoms. The van der Waals surface area contributed by atoms with Crippen LogP contribution in [0.2, 0.25) is 0 Å². The predicted octanol–water partition coefficient (Wildman–Crippen LogP) is 3.62. The topological polar surface area (TPSA) is 81.0 Å². The lowest BCUT2D eigenvalue weighted by Crippen LogP contribution is -2.41. The fraction of sp³-hybridized carbons (Fsp3) is 0.304. The Labute approximate surface area is 174 Å². The van der Waals surface area contributed by atoms with Gasteiger partial charge >= 0.3 is 0 Å². The van der Waals surface area contributed by atoms with E-state index in [1.807, 2.05) is 49.4 Å². The third kappa shape index (κ3) is 4.16. The van der Waals surface area contributed by atoms with E-state index in [9.17, 15) is 9.59 Å². The summed E-state index contributed by atoms with van der Waals surface area (Å²) in [4.78, 5) is 27.6. The minimum atomic E-state index is -0.757. The molecule has 156 valence electrons. The summed E-state index contributed by atoms with van der Waals surface area (Å²) in [7, 11) is 0. The maximum atomic E-state index is 13.1. The summed E-state index contributed by atoms with van der Waals surface area (Å²) in [6, 6.07) is 14.7. The molecule has 0 saturated carbocycles. The molecule has 2 aromatic carbocycles. The number of carbonyl (C=O) groups is 2. The first-order valence-electron chi connectivity index (χ1n) is 9.95. The molecule has 1 saturated heterocycles. The van der Waals surface area contributed by atoms with Gasteiger partial charge in [0.25, 0.3) is 11.8 Å².